The van der Waals surface area contributed by atoms with E-state index in [2.05, 4.69) is 31.5 Å². The van der Waals surface area contributed by atoms with E-state index in [-0.39, 0.29) is 5.78 Å². The molecule has 0 atom stereocenters. The fourth-order valence-electron chi connectivity index (χ4n) is 0.500. The van der Waals surface area contributed by atoms with Crippen LogP contribution in [-0.2, 0) is 4.79 Å². The highest BCUT2D eigenvalue weighted by atomic mass is 28.3. The molecule has 0 aromatic heterocycles. The molecule has 0 spiro atoms. The Morgan fingerprint density at radius 1 is 1.25 bits per heavy atom. The standard InChI is InChI=1S/C6H17NSi.C3H6O/c1-5-6-7-8(2,3)4;1-3(2)4/h7H,5-6H2,1-4H3;1-2H3. The van der Waals surface area contributed by atoms with Gasteiger partial charge in [0.15, 0.2) is 0 Å². The summed E-state index contributed by atoms with van der Waals surface area (Å²) in [6.45, 7) is 13.4. The topological polar surface area (TPSA) is 29.1 Å². The van der Waals surface area contributed by atoms with Gasteiger partial charge in [0.05, 0.1) is 0 Å². The van der Waals surface area contributed by atoms with Gasteiger partial charge >= 0.3 is 0 Å². The van der Waals surface area contributed by atoms with Crippen LogP contribution in [0.3, 0.4) is 0 Å². The van der Waals surface area contributed by atoms with Gasteiger partial charge in [-0.25, -0.2) is 0 Å². The minimum atomic E-state index is -0.928. The molecule has 0 bridgehead atoms. The molecule has 74 valence electrons. The highest BCUT2D eigenvalue weighted by Crippen LogP contribution is 1.92. The van der Waals surface area contributed by atoms with E-state index in [1.807, 2.05) is 0 Å². The summed E-state index contributed by atoms with van der Waals surface area (Å²) < 4.78 is 0. The highest BCUT2D eigenvalue weighted by molar-refractivity contribution is 6.73. The molecule has 0 radical (unpaired) electrons. The van der Waals surface area contributed by atoms with Gasteiger partial charge in [-0.05, 0) is 26.8 Å². The van der Waals surface area contributed by atoms with Gasteiger partial charge in [0, 0.05) is 0 Å². The van der Waals surface area contributed by atoms with Crippen LogP contribution in [0.4, 0.5) is 0 Å². The van der Waals surface area contributed by atoms with Crippen LogP contribution in [0.1, 0.15) is 27.2 Å². The quantitative estimate of drug-likeness (QED) is 0.691. The van der Waals surface area contributed by atoms with E-state index in [9.17, 15) is 4.79 Å². The highest BCUT2D eigenvalue weighted by Gasteiger charge is 2.09. The number of ketones is 1. The van der Waals surface area contributed by atoms with Crippen LogP contribution in [0.5, 0.6) is 0 Å². The number of nitrogens with one attached hydrogen (secondary N) is 1. The molecule has 0 saturated heterocycles. The van der Waals surface area contributed by atoms with E-state index in [0.717, 1.165) is 0 Å². The smallest absolute Gasteiger partial charge is 0.126 e. The second-order valence-corrected chi connectivity index (χ2v) is 8.94. The fraction of sp³-hybridized carbons (Fsp3) is 0.889. The monoisotopic (exact) mass is 189 g/mol. The van der Waals surface area contributed by atoms with E-state index >= 15 is 0 Å². The molecule has 0 fully saturated rings. The molecule has 2 nitrogen and oxygen atoms in total. The summed E-state index contributed by atoms with van der Waals surface area (Å²) in [6, 6.07) is 0. The molecule has 3 heteroatoms. The first-order valence-electron chi connectivity index (χ1n) is 4.51. The maximum Gasteiger partial charge on any atom is 0.126 e. The van der Waals surface area contributed by atoms with E-state index in [1.54, 1.807) is 0 Å². The SMILES string of the molecule is CC(C)=O.CCCN[Si](C)(C)C. The van der Waals surface area contributed by atoms with Gasteiger partial charge in [0.2, 0.25) is 0 Å². The Hall–Kier alpha value is -0.153. The molecule has 0 amide bonds. The zero-order chi connectivity index (χ0) is 10.2. The number of carbonyl (C=O) groups excluding carboxylic acids is 1. The van der Waals surface area contributed by atoms with Crippen LogP contribution in [-0.4, -0.2) is 20.6 Å². The Morgan fingerprint density at radius 2 is 1.58 bits per heavy atom. The summed E-state index contributed by atoms with van der Waals surface area (Å²) in [5.41, 5.74) is 0. The molecule has 0 rings (SSSR count). The maximum absolute atomic E-state index is 9.44. The summed E-state index contributed by atoms with van der Waals surface area (Å²) in [4.78, 5) is 13.0. The van der Waals surface area contributed by atoms with Crippen molar-refractivity contribution in [2.45, 2.75) is 46.8 Å². The van der Waals surface area contributed by atoms with E-state index in [1.165, 1.54) is 26.8 Å². The third kappa shape index (κ3) is 32.8. The maximum atomic E-state index is 9.44. The van der Waals surface area contributed by atoms with Gasteiger partial charge in [-0.3, -0.25) is 0 Å². The molecule has 0 aliphatic carbocycles. The van der Waals surface area contributed by atoms with Gasteiger partial charge in [-0.15, -0.1) is 0 Å². The van der Waals surface area contributed by atoms with Crippen molar-refractivity contribution >= 4 is 14.0 Å². The average Bonchev–Trinajstić information content (AvgIpc) is 1.80. The molecule has 0 unspecified atom stereocenters. The first kappa shape index (κ1) is 14.4. The van der Waals surface area contributed by atoms with Crippen molar-refractivity contribution in [3.63, 3.8) is 0 Å². The molecule has 0 heterocycles. The lowest BCUT2D eigenvalue weighted by molar-refractivity contribution is -0.114. The predicted octanol–water partition coefficient (Wildman–Crippen LogP) is 2.42. The zero-order valence-corrected chi connectivity index (χ0v) is 10.3. The van der Waals surface area contributed by atoms with E-state index < -0.39 is 8.24 Å². The number of Topliss-reactive ketones (excluding diaryl/α,β-unsaturated/α-hetero) is 1. The van der Waals surface area contributed by atoms with Crippen LogP contribution < -0.4 is 4.98 Å². The first-order chi connectivity index (χ1) is 5.29. The third-order valence-electron chi connectivity index (χ3n) is 0.905. The summed E-state index contributed by atoms with van der Waals surface area (Å²) >= 11 is 0. The number of hydrogen-bond acceptors (Lipinski definition) is 2. The van der Waals surface area contributed by atoms with Gasteiger partial charge < -0.3 is 9.78 Å². The largest absolute Gasteiger partial charge is 0.337 e. The van der Waals surface area contributed by atoms with Crippen LogP contribution in [0.25, 0.3) is 0 Å². The minimum absolute atomic E-state index is 0.167. The van der Waals surface area contributed by atoms with Crippen molar-refractivity contribution in [2.24, 2.45) is 0 Å². The molecular formula is C9H23NOSi. The summed E-state index contributed by atoms with van der Waals surface area (Å²) in [6.07, 6.45) is 1.25. The predicted molar refractivity (Wildman–Crippen MR) is 58.0 cm³/mol. The lowest BCUT2D eigenvalue weighted by Crippen LogP contribution is -2.41. The minimum Gasteiger partial charge on any atom is -0.337 e. The summed E-state index contributed by atoms with van der Waals surface area (Å²) in [7, 11) is -0.928. The van der Waals surface area contributed by atoms with Crippen LogP contribution in [0, 0.1) is 0 Å². The Morgan fingerprint density at radius 3 is 1.67 bits per heavy atom. The molecule has 0 saturated carbocycles. The third-order valence-corrected chi connectivity index (χ3v) is 2.22. The second kappa shape index (κ2) is 7.49. The van der Waals surface area contributed by atoms with Crippen molar-refractivity contribution in [1.29, 1.82) is 0 Å². The number of rotatable bonds is 3. The number of carbonyl (C=O) groups is 1. The first-order valence-corrected chi connectivity index (χ1v) is 8.01. The molecule has 1 N–H and O–H groups in total. The molecule has 0 aliphatic rings. The normalized spacial score (nSPS) is 10.2. The zero-order valence-electron chi connectivity index (χ0n) is 9.32. The van der Waals surface area contributed by atoms with Gasteiger partial charge in [0.25, 0.3) is 0 Å². The van der Waals surface area contributed by atoms with Crippen LogP contribution in [0.2, 0.25) is 19.6 Å². The van der Waals surface area contributed by atoms with Gasteiger partial charge in [-0.1, -0.05) is 26.6 Å². The van der Waals surface area contributed by atoms with Gasteiger partial charge in [-0.2, -0.15) is 0 Å². The lowest BCUT2D eigenvalue weighted by atomic mass is 10.5. The lowest BCUT2D eigenvalue weighted by Gasteiger charge is -2.16. The van der Waals surface area contributed by atoms with Crippen LogP contribution in [0.15, 0.2) is 0 Å². The second-order valence-electron chi connectivity index (χ2n) is 4.09. The van der Waals surface area contributed by atoms with Crippen molar-refractivity contribution < 1.29 is 4.79 Å². The Balaban J connectivity index is 0. The Kier molecular flexibility index (Phi) is 8.98. The fourth-order valence-corrected chi connectivity index (χ4v) is 1.50. The summed E-state index contributed by atoms with van der Waals surface area (Å²) in [5, 5.41) is 0. The average molecular weight is 189 g/mol. The van der Waals surface area contributed by atoms with Crippen molar-refractivity contribution in [3.05, 3.63) is 0 Å². The summed E-state index contributed by atoms with van der Waals surface area (Å²) in [5.74, 6) is 0.167. The van der Waals surface area contributed by atoms with Crippen LogP contribution >= 0.6 is 0 Å². The molecule has 0 aromatic rings. The van der Waals surface area contributed by atoms with Gasteiger partial charge in [0.1, 0.15) is 14.0 Å². The molecule has 0 aliphatic heterocycles. The van der Waals surface area contributed by atoms with Crippen molar-refractivity contribution in [2.75, 3.05) is 6.54 Å². The van der Waals surface area contributed by atoms with Crippen molar-refractivity contribution in [1.82, 2.24) is 4.98 Å². The number of hydrogen-bond donors (Lipinski definition) is 1. The van der Waals surface area contributed by atoms with Crippen molar-refractivity contribution in [3.8, 4) is 0 Å². The molecule has 0 aromatic carbocycles. The Bertz CT molecular complexity index is 114. The Labute approximate surface area is 77.8 Å². The van der Waals surface area contributed by atoms with E-state index in [0.29, 0.717) is 0 Å². The molecule has 12 heavy (non-hydrogen) atoms. The van der Waals surface area contributed by atoms with E-state index in [4.69, 9.17) is 0 Å². The molecular weight excluding hydrogens is 166 g/mol.